The van der Waals surface area contributed by atoms with E-state index < -0.39 is 28.7 Å². The van der Waals surface area contributed by atoms with Crippen LogP contribution in [0.5, 0.6) is 0 Å². The van der Waals surface area contributed by atoms with Gasteiger partial charge in [-0.15, -0.1) is 0 Å². The molecule has 0 aromatic heterocycles. The summed E-state index contributed by atoms with van der Waals surface area (Å²) in [5.74, 6) is 0. The summed E-state index contributed by atoms with van der Waals surface area (Å²) < 4.78 is 5.28. The van der Waals surface area contributed by atoms with Crippen LogP contribution in [-0.2, 0) is 4.74 Å². The van der Waals surface area contributed by atoms with Gasteiger partial charge in [0.05, 0.1) is 0 Å². The summed E-state index contributed by atoms with van der Waals surface area (Å²) in [6.07, 6.45) is -0.753. The zero-order valence-corrected chi connectivity index (χ0v) is 16.6. The molecule has 0 spiro atoms. The lowest BCUT2D eigenvalue weighted by molar-refractivity contribution is -0.534. The maximum Gasteiger partial charge on any atom is 0.408 e. The van der Waals surface area contributed by atoms with Crippen molar-refractivity contribution in [2.24, 2.45) is 0 Å². The van der Waals surface area contributed by atoms with Gasteiger partial charge in [-0.1, -0.05) is 47.5 Å². The minimum atomic E-state index is -1.27. The third-order valence-electron chi connectivity index (χ3n) is 3.63. The summed E-state index contributed by atoms with van der Waals surface area (Å²) in [4.78, 5) is 23.8. The molecule has 0 fully saturated rings. The molecule has 2 aromatic carbocycles. The van der Waals surface area contributed by atoms with Gasteiger partial charge in [-0.3, -0.25) is 10.1 Å². The minimum absolute atomic E-state index is 0.364. The number of benzene rings is 2. The van der Waals surface area contributed by atoms with Crippen molar-refractivity contribution in [2.45, 2.75) is 38.5 Å². The number of nitrogens with one attached hydrogen (secondary N) is 1. The maximum atomic E-state index is 12.3. The predicted octanol–water partition coefficient (Wildman–Crippen LogP) is 5.58. The van der Waals surface area contributed by atoms with Gasteiger partial charge in [-0.2, -0.15) is 0 Å². The fourth-order valence-corrected chi connectivity index (χ4v) is 2.90. The van der Waals surface area contributed by atoms with Crippen molar-refractivity contribution in [1.82, 2.24) is 5.32 Å². The van der Waals surface area contributed by atoms with E-state index in [1.54, 1.807) is 63.2 Å². The highest BCUT2D eigenvalue weighted by Crippen LogP contribution is 2.33. The number of ether oxygens (including phenoxy) is 1. The molecule has 6 nitrogen and oxygen atoms in total. The Morgan fingerprint density at radius 2 is 1.70 bits per heavy atom. The summed E-state index contributed by atoms with van der Waals surface area (Å²) in [7, 11) is 0. The molecule has 0 aliphatic carbocycles. The van der Waals surface area contributed by atoms with Crippen molar-refractivity contribution in [2.75, 3.05) is 0 Å². The molecule has 1 amide bonds. The maximum absolute atomic E-state index is 12.3. The van der Waals surface area contributed by atoms with Crippen LogP contribution in [0.25, 0.3) is 0 Å². The largest absolute Gasteiger partial charge is 0.444 e. The Hall–Kier alpha value is -2.31. The molecule has 8 heteroatoms. The van der Waals surface area contributed by atoms with Crippen molar-refractivity contribution in [3.8, 4) is 0 Å². The molecule has 0 bridgehead atoms. The van der Waals surface area contributed by atoms with Gasteiger partial charge in [0.2, 0.25) is 0 Å². The van der Waals surface area contributed by atoms with E-state index in [1.807, 2.05) is 0 Å². The van der Waals surface area contributed by atoms with Crippen LogP contribution in [0.2, 0.25) is 10.0 Å². The van der Waals surface area contributed by atoms with E-state index in [4.69, 9.17) is 27.9 Å². The zero-order valence-electron chi connectivity index (χ0n) is 15.1. The summed E-state index contributed by atoms with van der Waals surface area (Å²) in [6, 6.07) is 10.6. The third-order valence-corrected chi connectivity index (χ3v) is 4.12. The highest BCUT2D eigenvalue weighted by molar-refractivity contribution is 6.30. The predicted molar refractivity (Wildman–Crippen MR) is 105 cm³/mol. The number of nitrogens with zero attached hydrogens (tertiary/aromatic N) is 1. The lowest BCUT2D eigenvalue weighted by Crippen LogP contribution is -2.39. The second-order valence-electron chi connectivity index (χ2n) is 6.96. The monoisotopic (exact) mass is 410 g/mol. The SMILES string of the molecule is CC(C)(C)OC(=O)N[C@H](c1ccc(Cl)cc1)[C@H](c1cccc(Cl)c1)[N+](=O)[O-]. The van der Waals surface area contributed by atoms with E-state index >= 15 is 0 Å². The minimum Gasteiger partial charge on any atom is -0.444 e. The van der Waals surface area contributed by atoms with Gasteiger partial charge in [-0.05, 0) is 50.6 Å². The molecule has 144 valence electrons. The van der Waals surface area contributed by atoms with Crippen LogP contribution in [0.1, 0.15) is 44.0 Å². The first-order valence-corrected chi connectivity index (χ1v) is 8.96. The van der Waals surface area contributed by atoms with E-state index in [0.717, 1.165) is 0 Å². The fraction of sp³-hybridized carbons (Fsp3) is 0.316. The van der Waals surface area contributed by atoms with Gasteiger partial charge in [0.1, 0.15) is 11.6 Å². The number of carbonyl (C=O) groups is 1. The first kappa shape index (κ1) is 21.0. The van der Waals surface area contributed by atoms with Crippen LogP contribution in [0.15, 0.2) is 48.5 Å². The van der Waals surface area contributed by atoms with E-state index in [-0.39, 0.29) is 0 Å². The van der Waals surface area contributed by atoms with E-state index in [2.05, 4.69) is 5.32 Å². The van der Waals surface area contributed by atoms with Crippen molar-refractivity contribution in [3.63, 3.8) is 0 Å². The molecule has 27 heavy (non-hydrogen) atoms. The molecular weight excluding hydrogens is 391 g/mol. The Kier molecular flexibility index (Phi) is 6.68. The average Bonchev–Trinajstić information content (AvgIpc) is 2.53. The Balaban J connectivity index is 2.46. The van der Waals surface area contributed by atoms with Crippen LogP contribution in [0.3, 0.4) is 0 Å². The number of hydrogen-bond donors (Lipinski definition) is 1. The van der Waals surface area contributed by atoms with Gasteiger partial charge < -0.3 is 10.1 Å². The van der Waals surface area contributed by atoms with Crippen molar-refractivity contribution < 1.29 is 14.5 Å². The van der Waals surface area contributed by atoms with Crippen LogP contribution in [-0.4, -0.2) is 16.6 Å². The fourth-order valence-electron chi connectivity index (χ4n) is 2.58. The van der Waals surface area contributed by atoms with Crippen molar-refractivity contribution in [1.29, 1.82) is 0 Å². The lowest BCUT2D eigenvalue weighted by atomic mass is 9.94. The molecule has 0 unspecified atom stereocenters. The van der Waals surface area contributed by atoms with Crippen LogP contribution in [0.4, 0.5) is 4.79 Å². The Morgan fingerprint density at radius 1 is 1.07 bits per heavy atom. The first-order chi connectivity index (χ1) is 12.6. The number of rotatable bonds is 5. The number of carbonyl (C=O) groups excluding carboxylic acids is 1. The summed E-state index contributed by atoms with van der Waals surface area (Å²) in [5, 5.41) is 15.4. The van der Waals surface area contributed by atoms with Crippen LogP contribution < -0.4 is 5.32 Å². The van der Waals surface area contributed by atoms with Gasteiger partial charge >= 0.3 is 6.09 Å². The summed E-state index contributed by atoms with van der Waals surface area (Å²) in [5.41, 5.74) is 0.143. The highest BCUT2D eigenvalue weighted by atomic mass is 35.5. The first-order valence-electron chi connectivity index (χ1n) is 8.21. The lowest BCUT2D eigenvalue weighted by Gasteiger charge is -2.26. The molecule has 2 aromatic rings. The average molecular weight is 411 g/mol. The Morgan fingerprint density at radius 3 is 2.22 bits per heavy atom. The highest BCUT2D eigenvalue weighted by Gasteiger charge is 2.37. The second kappa shape index (κ2) is 8.59. The number of alkyl carbamates (subject to hydrolysis) is 1. The smallest absolute Gasteiger partial charge is 0.408 e. The zero-order chi connectivity index (χ0) is 20.2. The Bertz CT molecular complexity index is 819. The summed E-state index contributed by atoms with van der Waals surface area (Å²) in [6.45, 7) is 5.14. The molecule has 0 aliphatic rings. The van der Waals surface area contributed by atoms with Crippen molar-refractivity contribution in [3.05, 3.63) is 79.8 Å². The van der Waals surface area contributed by atoms with Gasteiger partial charge in [0, 0.05) is 20.5 Å². The number of hydrogen-bond acceptors (Lipinski definition) is 4. The molecule has 0 heterocycles. The molecular formula is C19H20Cl2N2O4. The number of nitro groups is 1. The van der Waals surface area contributed by atoms with E-state index in [9.17, 15) is 14.9 Å². The molecule has 2 rings (SSSR count). The van der Waals surface area contributed by atoms with E-state index in [1.165, 1.54) is 6.07 Å². The quantitative estimate of drug-likeness (QED) is 0.515. The normalized spacial score (nSPS) is 13.5. The van der Waals surface area contributed by atoms with Crippen LogP contribution >= 0.6 is 23.2 Å². The van der Waals surface area contributed by atoms with Gasteiger partial charge in [0.15, 0.2) is 0 Å². The van der Waals surface area contributed by atoms with Crippen LogP contribution in [0, 0.1) is 10.1 Å². The Labute approximate surface area is 167 Å². The van der Waals surface area contributed by atoms with Gasteiger partial charge in [0.25, 0.3) is 6.04 Å². The van der Waals surface area contributed by atoms with Gasteiger partial charge in [-0.25, -0.2) is 4.79 Å². The molecule has 0 aliphatic heterocycles. The molecule has 1 N–H and O–H groups in total. The standard InChI is InChI=1S/C19H20Cl2N2O4/c1-19(2,3)27-18(24)22-16(12-7-9-14(20)10-8-12)17(23(25)26)13-5-4-6-15(21)11-13/h4-11,16-17H,1-3H3,(H,22,24)/t16-,17+/m1/s1. The number of amides is 1. The third kappa shape index (κ3) is 6.12. The van der Waals surface area contributed by atoms with E-state index in [0.29, 0.717) is 21.2 Å². The summed E-state index contributed by atoms with van der Waals surface area (Å²) >= 11 is 11.9. The molecule has 0 radical (unpaired) electrons. The number of halogens is 2. The van der Waals surface area contributed by atoms with Crippen molar-refractivity contribution >= 4 is 29.3 Å². The molecule has 2 atom stereocenters. The molecule has 0 saturated carbocycles. The molecule has 0 saturated heterocycles. The second-order valence-corrected chi connectivity index (χ2v) is 7.83. The topological polar surface area (TPSA) is 81.5 Å².